The fraction of sp³-hybridized carbons (Fsp3) is 0.684. The van der Waals surface area contributed by atoms with Crippen LogP contribution in [0, 0.1) is 23.7 Å². The van der Waals surface area contributed by atoms with E-state index in [0.29, 0.717) is 0 Å². The average Bonchev–Trinajstić information content (AvgIpc) is 2.96. The highest BCUT2D eigenvalue weighted by Gasteiger charge is 2.55. The Morgan fingerprint density at radius 1 is 0.818 bits per heavy atom. The molecule has 1 saturated heterocycles. The van der Waals surface area contributed by atoms with Crippen molar-refractivity contribution in [2.45, 2.75) is 31.7 Å². The Kier molecular flexibility index (Phi) is 3.20. The van der Waals surface area contributed by atoms with Crippen molar-refractivity contribution >= 4 is 17.3 Å². The van der Waals surface area contributed by atoms with E-state index in [1.807, 2.05) is 12.1 Å². The highest BCUT2D eigenvalue weighted by atomic mass is 35.5. The van der Waals surface area contributed by atoms with Crippen LogP contribution in [-0.2, 0) is 0 Å². The van der Waals surface area contributed by atoms with Crippen molar-refractivity contribution in [3.8, 4) is 0 Å². The summed E-state index contributed by atoms with van der Waals surface area (Å²) in [6.45, 7) is 4.84. The first-order valence-electron chi connectivity index (χ1n) is 9.02. The Bertz CT molecular complexity index is 545. The van der Waals surface area contributed by atoms with Gasteiger partial charge in [0.1, 0.15) is 0 Å². The zero-order valence-corrected chi connectivity index (χ0v) is 13.9. The molecule has 1 aromatic rings. The summed E-state index contributed by atoms with van der Waals surface area (Å²) in [6, 6.07) is 9.28. The molecule has 6 rings (SSSR count). The van der Waals surface area contributed by atoms with Crippen LogP contribution >= 0.6 is 11.6 Å². The van der Waals surface area contributed by atoms with Crippen LogP contribution in [0.1, 0.15) is 25.7 Å². The van der Waals surface area contributed by atoms with E-state index in [1.54, 1.807) is 19.3 Å². The summed E-state index contributed by atoms with van der Waals surface area (Å²) in [6.07, 6.45) is 6.18. The lowest BCUT2D eigenvalue weighted by Crippen LogP contribution is -2.54. The van der Waals surface area contributed by atoms with E-state index in [4.69, 9.17) is 11.6 Å². The molecule has 0 radical (unpaired) electrons. The van der Waals surface area contributed by atoms with E-state index in [9.17, 15) is 0 Å². The third-order valence-corrected chi connectivity index (χ3v) is 7.19. The van der Waals surface area contributed by atoms with Gasteiger partial charge >= 0.3 is 0 Å². The van der Waals surface area contributed by atoms with Crippen molar-refractivity contribution in [1.29, 1.82) is 0 Å². The lowest BCUT2D eigenvalue weighted by molar-refractivity contribution is 0.0817. The topological polar surface area (TPSA) is 6.48 Å². The molecule has 1 aliphatic heterocycles. The second-order valence-corrected chi connectivity index (χ2v) is 8.42. The molecule has 1 aromatic carbocycles. The average molecular weight is 317 g/mol. The number of rotatable bonds is 2. The van der Waals surface area contributed by atoms with Crippen LogP contribution in [0.15, 0.2) is 24.3 Å². The van der Waals surface area contributed by atoms with E-state index in [1.165, 1.54) is 38.3 Å². The van der Waals surface area contributed by atoms with E-state index in [-0.39, 0.29) is 0 Å². The number of benzene rings is 1. The van der Waals surface area contributed by atoms with Gasteiger partial charge in [0.05, 0.1) is 0 Å². The summed E-state index contributed by atoms with van der Waals surface area (Å²) in [7, 11) is 0. The molecule has 118 valence electrons. The van der Waals surface area contributed by atoms with Gasteiger partial charge in [0, 0.05) is 42.9 Å². The maximum absolute atomic E-state index is 6.01. The third-order valence-electron chi connectivity index (χ3n) is 6.94. The van der Waals surface area contributed by atoms with E-state index < -0.39 is 0 Å². The Morgan fingerprint density at radius 2 is 1.55 bits per heavy atom. The number of hydrogen-bond donors (Lipinski definition) is 0. The number of halogens is 1. The Labute approximate surface area is 138 Å². The SMILES string of the molecule is Clc1ccc(N2CCN(C3C4CC5CC(C4)C3C5)CC2)cc1. The molecule has 22 heavy (non-hydrogen) atoms. The molecule has 5 unspecified atom stereocenters. The smallest absolute Gasteiger partial charge is 0.0407 e. The van der Waals surface area contributed by atoms with Crippen molar-refractivity contribution in [2.24, 2.45) is 23.7 Å². The molecule has 4 saturated carbocycles. The Morgan fingerprint density at radius 3 is 2.27 bits per heavy atom. The number of hydrogen-bond acceptors (Lipinski definition) is 2. The van der Waals surface area contributed by atoms with Gasteiger partial charge in [-0.25, -0.2) is 0 Å². The molecule has 5 fully saturated rings. The van der Waals surface area contributed by atoms with Crippen LogP contribution in [0.4, 0.5) is 5.69 Å². The fourth-order valence-corrected chi connectivity index (χ4v) is 6.33. The van der Waals surface area contributed by atoms with Gasteiger partial charge in [-0.1, -0.05) is 11.6 Å². The van der Waals surface area contributed by atoms with Gasteiger partial charge in [-0.3, -0.25) is 4.90 Å². The molecule has 4 aliphatic carbocycles. The highest BCUT2D eigenvalue weighted by Crippen LogP contribution is 2.59. The largest absolute Gasteiger partial charge is 0.369 e. The summed E-state index contributed by atoms with van der Waals surface area (Å²) in [5.74, 6) is 4.26. The molecule has 5 atom stereocenters. The monoisotopic (exact) mass is 316 g/mol. The molecule has 0 amide bonds. The molecule has 0 N–H and O–H groups in total. The van der Waals surface area contributed by atoms with Crippen molar-refractivity contribution in [1.82, 2.24) is 4.90 Å². The second-order valence-electron chi connectivity index (χ2n) is 7.98. The van der Waals surface area contributed by atoms with Gasteiger partial charge in [-0.2, -0.15) is 0 Å². The lowest BCUT2D eigenvalue weighted by Gasteiger charge is -2.45. The van der Waals surface area contributed by atoms with Crippen LogP contribution < -0.4 is 4.90 Å². The van der Waals surface area contributed by atoms with Crippen LogP contribution in [0.5, 0.6) is 0 Å². The minimum absolute atomic E-state index is 0.833. The first-order valence-corrected chi connectivity index (χ1v) is 9.40. The number of piperazine rings is 1. The molecule has 0 spiro atoms. The quantitative estimate of drug-likeness (QED) is 0.816. The zero-order chi connectivity index (χ0) is 14.7. The maximum Gasteiger partial charge on any atom is 0.0407 e. The first-order chi connectivity index (χ1) is 10.8. The molecule has 1 heterocycles. The van der Waals surface area contributed by atoms with Crippen LogP contribution in [0.25, 0.3) is 0 Å². The summed E-state index contributed by atoms with van der Waals surface area (Å²) in [5, 5.41) is 0.833. The van der Waals surface area contributed by atoms with Crippen molar-refractivity contribution < 1.29 is 0 Å². The van der Waals surface area contributed by atoms with Crippen LogP contribution in [0.3, 0.4) is 0 Å². The molecular formula is C19H25ClN2. The maximum atomic E-state index is 6.01. The van der Waals surface area contributed by atoms with Gasteiger partial charge < -0.3 is 4.90 Å². The van der Waals surface area contributed by atoms with E-state index in [2.05, 4.69) is 21.9 Å². The van der Waals surface area contributed by atoms with Gasteiger partial charge in [-0.15, -0.1) is 0 Å². The van der Waals surface area contributed by atoms with Crippen molar-refractivity contribution in [3.63, 3.8) is 0 Å². The van der Waals surface area contributed by atoms with E-state index in [0.717, 1.165) is 34.7 Å². The molecule has 3 heteroatoms. The Balaban J connectivity index is 1.26. The normalized spacial score (nSPS) is 40.6. The van der Waals surface area contributed by atoms with E-state index >= 15 is 0 Å². The first kappa shape index (κ1) is 13.7. The zero-order valence-electron chi connectivity index (χ0n) is 13.1. The summed E-state index contributed by atoms with van der Waals surface area (Å²) in [5.41, 5.74) is 1.33. The number of nitrogens with zero attached hydrogens (tertiary/aromatic N) is 2. The third kappa shape index (κ3) is 2.11. The van der Waals surface area contributed by atoms with Gasteiger partial charge in [0.15, 0.2) is 0 Å². The van der Waals surface area contributed by atoms with Crippen molar-refractivity contribution in [2.75, 3.05) is 31.1 Å². The molecular weight excluding hydrogens is 292 g/mol. The van der Waals surface area contributed by atoms with Gasteiger partial charge in [-0.05, 0) is 73.6 Å². The summed E-state index contributed by atoms with van der Waals surface area (Å²) < 4.78 is 0. The highest BCUT2D eigenvalue weighted by molar-refractivity contribution is 6.30. The van der Waals surface area contributed by atoms with Crippen molar-refractivity contribution in [3.05, 3.63) is 29.3 Å². The molecule has 0 aromatic heterocycles. The minimum atomic E-state index is 0.833. The van der Waals surface area contributed by atoms with Gasteiger partial charge in [0.2, 0.25) is 0 Å². The molecule has 5 aliphatic rings. The lowest BCUT2D eigenvalue weighted by atomic mass is 9.78. The summed E-state index contributed by atoms with van der Waals surface area (Å²) >= 11 is 6.01. The fourth-order valence-electron chi connectivity index (χ4n) is 6.20. The second kappa shape index (κ2) is 5.14. The number of anilines is 1. The van der Waals surface area contributed by atoms with Crippen LogP contribution in [-0.4, -0.2) is 37.1 Å². The standard InChI is InChI=1S/C19H25ClN2/c20-16-1-3-17(4-2-16)21-5-7-22(8-6-21)19-15-10-13-9-14(12-15)18(19)11-13/h1-4,13-15,18-19H,5-12H2. The molecule has 4 bridgehead atoms. The van der Waals surface area contributed by atoms with Gasteiger partial charge in [0.25, 0.3) is 0 Å². The predicted octanol–water partition coefficient (Wildman–Crippen LogP) is 3.90. The predicted molar refractivity (Wildman–Crippen MR) is 91.5 cm³/mol. The molecule has 2 nitrogen and oxygen atoms in total. The summed E-state index contributed by atoms with van der Waals surface area (Å²) in [4.78, 5) is 5.38. The van der Waals surface area contributed by atoms with Crippen LogP contribution in [0.2, 0.25) is 5.02 Å². The Hall–Kier alpha value is -0.730. The minimum Gasteiger partial charge on any atom is -0.369 e.